The van der Waals surface area contributed by atoms with Crippen molar-refractivity contribution in [2.75, 3.05) is 26.2 Å². The van der Waals surface area contributed by atoms with Crippen LogP contribution < -0.4 is 0 Å². The SMILES string of the molecule is CCCc1cc(C(F)(F)F)c2nc(C(=O)N3CCC(N4CCOC4=O)CC3)c(Cl)n2c1. The molecule has 2 aliphatic heterocycles. The van der Waals surface area contributed by atoms with E-state index in [1.807, 2.05) is 6.92 Å². The molecule has 0 aromatic carbocycles. The Balaban J connectivity index is 1.60. The van der Waals surface area contributed by atoms with Gasteiger partial charge in [-0.15, -0.1) is 0 Å². The number of ether oxygens (including phenoxy) is 1. The van der Waals surface area contributed by atoms with Crippen molar-refractivity contribution < 1.29 is 27.5 Å². The molecule has 0 spiro atoms. The van der Waals surface area contributed by atoms with E-state index in [2.05, 4.69) is 4.98 Å². The minimum Gasteiger partial charge on any atom is -0.448 e. The molecule has 0 aliphatic carbocycles. The molecule has 0 N–H and O–H groups in total. The summed E-state index contributed by atoms with van der Waals surface area (Å²) >= 11 is 6.33. The van der Waals surface area contributed by atoms with Gasteiger partial charge in [0, 0.05) is 25.3 Å². The van der Waals surface area contributed by atoms with Crippen LogP contribution in [-0.4, -0.2) is 63.5 Å². The number of alkyl halides is 3. The molecule has 0 radical (unpaired) electrons. The molecular formula is C20H22ClF3N4O3. The normalized spacial score (nSPS) is 18.2. The average molecular weight is 459 g/mol. The first-order valence-electron chi connectivity index (χ1n) is 10.2. The Labute approximate surface area is 181 Å². The van der Waals surface area contributed by atoms with Crippen LogP contribution in [0.25, 0.3) is 5.65 Å². The van der Waals surface area contributed by atoms with E-state index < -0.39 is 17.6 Å². The fourth-order valence-corrected chi connectivity index (χ4v) is 4.46. The van der Waals surface area contributed by atoms with Crippen LogP contribution in [0.3, 0.4) is 0 Å². The molecule has 31 heavy (non-hydrogen) atoms. The number of hydrogen-bond acceptors (Lipinski definition) is 4. The predicted molar refractivity (Wildman–Crippen MR) is 106 cm³/mol. The van der Waals surface area contributed by atoms with Gasteiger partial charge in [0.2, 0.25) is 0 Å². The van der Waals surface area contributed by atoms with Gasteiger partial charge in [-0.3, -0.25) is 9.20 Å². The minimum atomic E-state index is -4.62. The number of hydrogen-bond donors (Lipinski definition) is 0. The number of pyridine rings is 1. The van der Waals surface area contributed by atoms with E-state index in [-0.39, 0.29) is 28.6 Å². The van der Waals surface area contributed by atoms with Crippen LogP contribution in [0.2, 0.25) is 5.15 Å². The molecule has 2 aromatic rings. The van der Waals surface area contributed by atoms with Gasteiger partial charge in [-0.2, -0.15) is 13.2 Å². The summed E-state index contributed by atoms with van der Waals surface area (Å²) in [6.07, 6.45) is -1.24. The number of aromatic nitrogens is 2. The van der Waals surface area contributed by atoms with Crippen LogP contribution in [0, 0.1) is 0 Å². The summed E-state index contributed by atoms with van der Waals surface area (Å²) in [5, 5.41) is -0.131. The highest BCUT2D eigenvalue weighted by Gasteiger charge is 2.37. The lowest BCUT2D eigenvalue weighted by atomic mass is 10.0. The van der Waals surface area contributed by atoms with E-state index in [9.17, 15) is 22.8 Å². The average Bonchev–Trinajstić information content (AvgIpc) is 3.30. The zero-order chi connectivity index (χ0) is 22.3. The molecule has 4 heterocycles. The molecule has 2 amide bonds. The van der Waals surface area contributed by atoms with Crippen molar-refractivity contribution in [1.82, 2.24) is 19.2 Å². The third-order valence-electron chi connectivity index (χ3n) is 5.75. The van der Waals surface area contributed by atoms with Gasteiger partial charge in [-0.05, 0) is 30.9 Å². The summed E-state index contributed by atoms with van der Waals surface area (Å²) in [7, 11) is 0. The Morgan fingerprint density at radius 1 is 1.29 bits per heavy atom. The largest absolute Gasteiger partial charge is 0.448 e. The van der Waals surface area contributed by atoms with Crippen LogP contribution >= 0.6 is 11.6 Å². The molecule has 2 saturated heterocycles. The molecule has 0 saturated carbocycles. The molecule has 0 atom stereocenters. The maximum Gasteiger partial charge on any atom is 0.419 e. The monoisotopic (exact) mass is 458 g/mol. The molecule has 7 nitrogen and oxygen atoms in total. The Hall–Kier alpha value is -2.49. The number of fused-ring (bicyclic) bond motifs is 1. The second-order valence-corrected chi connectivity index (χ2v) is 8.14. The topological polar surface area (TPSA) is 67.2 Å². The molecule has 168 valence electrons. The lowest BCUT2D eigenvalue weighted by Crippen LogP contribution is -2.47. The summed E-state index contributed by atoms with van der Waals surface area (Å²) in [5.74, 6) is -0.513. The van der Waals surface area contributed by atoms with Gasteiger partial charge >= 0.3 is 12.3 Å². The number of amides is 2. The molecular weight excluding hydrogens is 437 g/mol. The molecule has 11 heteroatoms. The second-order valence-electron chi connectivity index (χ2n) is 7.79. The van der Waals surface area contributed by atoms with E-state index in [1.54, 1.807) is 4.90 Å². The quantitative estimate of drug-likeness (QED) is 0.694. The van der Waals surface area contributed by atoms with Crippen LogP contribution in [-0.2, 0) is 17.3 Å². The number of likely N-dealkylation sites (tertiary alicyclic amines) is 1. The highest BCUT2D eigenvalue weighted by Crippen LogP contribution is 2.35. The first-order chi connectivity index (χ1) is 14.7. The van der Waals surface area contributed by atoms with Gasteiger partial charge in [0.25, 0.3) is 5.91 Å². The van der Waals surface area contributed by atoms with Gasteiger partial charge in [0.15, 0.2) is 11.3 Å². The van der Waals surface area contributed by atoms with Crippen molar-refractivity contribution in [1.29, 1.82) is 0 Å². The molecule has 2 aromatic heterocycles. The summed E-state index contributed by atoms with van der Waals surface area (Å²) in [5.41, 5.74) is -1.01. The Kier molecular flexibility index (Phi) is 5.76. The van der Waals surface area contributed by atoms with Crippen molar-refractivity contribution in [2.24, 2.45) is 0 Å². The van der Waals surface area contributed by atoms with Gasteiger partial charge < -0.3 is 14.5 Å². The first-order valence-corrected chi connectivity index (χ1v) is 10.6. The first kappa shape index (κ1) is 21.7. The number of carbonyl (C=O) groups excluding carboxylic acids is 2. The molecule has 0 unspecified atom stereocenters. The fraction of sp³-hybridized carbons (Fsp3) is 0.550. The summed E-state index contributed by atoms with van der Waals surface area (Å²) in [6, 6.07) is 1.04. The predicted octanol–water partition coefficient (Wildman–Crippen LogP) is 4.02. The van der Waals surface area contributed by atoms with E-state index in [1.165, 1.54) is 11.1 Å². The smallest absolute Gasteiger partial charge is 0.419 e. The zero-order valence-corrected chi connectivity index (χ0v) is 17.7. The van der Waals surface area contributed by atoms with E-state index in [0.717, 1.165) is 10.5 Å². The minimum absolute atomic E-state index is 0.0241. The van der Waals surface area contributed by atoms with Gasteiger partial charge in [0.05, 0.1) is 12.1 Å². The van der Waals surface area contributed by atoms with Crippen LogP contribution in [0.15, 0.2) is 12.3 Å². The number of rotatable bonds is 4. The third kappa shape index (κ3) is 4.05. The van der Waals surface area contributed by atoms with E-state index >= 15 is 0 Å². The van der Waals surface area contributed by atoms with Gasteiger partial charge in [-0.25, -0.2) is 9.78 Å². The second kappa shape index (κ2) is 8.22. The zero-order valence-electron chi connectivity index (χ0n) is 16.9. The van der Waals surface area contributed by atoms with Crippen LogP contribution in [0.1, 0.15) is 47.8 Å². The van der Waals surface area contributed by atoms with Crippen molar-refractivity contribution in [3.05, 3.63) is 34.2 Å². The number of cyclic esters (lactones) is 1. The summed E-state index contributed by atoms with van der Waals surface area (Å²) in [6.45, 7) is 3.45. The molecule has 4 rings (SSSR count). The molecule has 0 bridgehead atoms. The number of imidazole rings is 1. The Morgan fingerprint density at radius 3 is 2.58 bits per heavy atom. The number of aryl methyl sites for hydroxylation is 1. The molecule has 2 aliphatic rings. The summed E-state index contributed by atoms with van der Waals surface area (Å²) in [4.78, 5) is 32.0. The third-order valence-corrected chi connectivity index (χ3v) is 6.11. The highest BCUT2D eigenvalue weighted by atomic mass is 35.5. The fourth-order valence-electron chi connectivity index (χ4n) is 4.21. The lowest BCUT2D eigenvalue weighted by molar-refractivity contribution is -0.136. The standard InChI is InChI=1S/C20H22ClF3N4O3/c1-2-3-12-10-14(20(22,23)24)17-25-15(16(21)28(17)11-12)18(29)26-6-4-13(5-7-26)27-8-9-31-19(27)30/h10-11,13H,2-9H2,1H3. The van der Waals surface area contributed by atoms with Crippen molar-refractivity contribution >= 4 is 29.2 Å². The van der Waals surface area contributed by atoms with Crippen molar-refractivity contribution in [3.63, 3.8) is 0 Å². The van der Waals surface area contributed by atoms with Crippen molar-refractivity contribution in [2.45, 2.75) is 44.8 Å². The van der Waals surface area contributed by atoms with Crippen LogP contribution in [0.5, 0.6) is 0 Å². The molecule has 2 fully saturated rings. The van der Waals surface area contributed by atoms with E-state index in [4.69, 9.17) is 16.3 Å². The Bertz CT molecular complexity index is 1020. The number of carbonyl (C=O) groups is 2. The highest BCUT2D eigenvalue weighted by molar-refractivity contribution is 6.33. The van der Waals surface area contributed by atoms with Gasteiger partial charge in [0.1, 0.15) is 11.8 Å². The van der Waals surface area contributed by atoms with Gasteiger partial charge in [-0.1, -0.05) is 24.9 Å². The maximum atomic E-state index is 13.6. The maximum absolute atomic E-state index is 13.6. The van der Waals surface area contributed by atoms with Crippen LogP contribution in [0.4, 0.5) is 18.0 Å². The number of halogens is 4. The van der Waals surface area contributed by atoms with Crippen molar-refractivity contribution in [3.8, 4) is 0 Å². The number of nitrogens with zero attached hydrogens (tertiary/aromatic N) is 4. The van der Waals surface area contributed by atoms with E-state index in [0.29, 0.717) is 57.5 Å². The summed E-state index contributed by atoms with van der Waals surface area (Å²) < 4.78 is 47.0. The number of piperidine rings is 1. The Morgan fingerprint density at radius 2 is 2.00 bits per heavy atom. The lowest BCUT2D eigenvalue weighted by Gasteiger charge is -2.35.